The van der Waals surface area contributed by atoms with Gasteiger partial charge in [0.15, 0.2) is 0 Å². The molecule has 4 heteroatoms. The molecule has 0 amide bonds. The first kappa shape index (κ1) is 12.4. The van der Waals surface area contributed by atoms with Crippen molar-refractivity contribution in [1.29, 1.82) is 5.26 Å². The van der Waals surface area contributed by atoms with Gasteiger partial charge in [-0.3, -0.25) is 0 Å². The van der Waals surface area contributed by atoms with Crippen LogP contribution in [0.15, 0.2) is 17.5 Å². The Morgan fingerprint density at radius 3 is 2.71 bits per heavy atom. The summed E-state index contributed by atoms with van der Waals surface area (Å²) in [5.41, 5.74) is -0.285. The molecule has 1 aromatic heterocycles. The highest BCUT2D eigenvalue weighted by Crippen LogP contribution is 2.33. The van der Waals surface area contributed by atoms with Crippen molar-refractivity contribution in [2.24, 2.45) is 0 Å². The Bertz CT molecular complexity index is 385. The number of nitrogens with one attached hydrogen (secondary N) is 1. The van der Waals surface area contributed by atoms with Crippen LogP contribution in [0.2, 0.25) is 0 Å². The molecule has 1 aliphatic carbocycles. The summed E-state index contributed by atoms with van der Waals surface area (Å²) in [6.45, 7) is 0. The lowest BCUT2D eigenvalue weighted by Gasteiger charge is -2.39. The SMILES string of the molecule is CNC1(C#N)CCC(N(C)c2cccs2)CC1. The van der Waals surface area contributed by atoms with Gasteiger partial charge in [0.25, 0.3) is 0 Å². The lowest BCUT2D eigenvalue weighted by molar-refractivity contribution is 0.288. The lowest BCUT2D eigenvalue weighted by Crippen LogP contribution is -2.48. The molecule has 17 heavy (non-hydrogen) atoms. The highest BCUT2D eigenvalue weighted by Gasteiger charge is 2.35. The second-order valence-electron chi connectivity index (χ2n) is 4.74. The number of nitrogens with zero attached hydrogens (tertiary/aromatic N) is 2. The number of hydrogen-bond donors (Lipinski definition) is 1. The largest absolute Gasteiger partial charge is 0.364 e. The van der Waals surface area contributed by atoms with Crippen LogP contribution in [-0.4, -0.2) is 25.7 Å². The first-order valence-corrected chi connectivity index (χ1v) is 6.95. The second kappa shape index (κ2) is 5.07. The first-order valence-electron chi connectivity index (χ1n) is 6.07. The molecule has 0 aromatic carbocycles. The lowest BCUT2D eigenvalue weighted by atomic mass is 9.80. The van der Waals surface area contributed by atoms with Gasteiger partial charge in [-0.15, -0.1) is 11.3 Å². The molecule has 1 aromatic rings. The maximum Gasteiger partial charge on any atom is 0.106 e. The fourth-order valence-corrected chi connectivity index (χ4v) is 3.32. The Morgan fingerprint density at radius 1 is 1.53 bits per heavy atom. The van der Waals surface area contributed by atoms with Gasteiger partial charge in [-0.25, -0.2) is 0 Å². The van der Waals surface area contributed by atoms with E-state index < -0.39 is 0 Å². The van der Waals surface area contributed by atoms with E-state index in [0.29, 0.717) is 6.04 Å². The van der Waals surface area contributed by atoms with Gasteiger partial charge >= 0.3 is 0 Å². The number of hydrogen-bond acceptors (Lipinski definition) is 4. The molecule has 92 valence electrons. The van der Waals surface area contributed by atoms with Gasteiger partial charge in [-0.05, 0) is 50.2 Å². The van der Waals surface area contributed by atoms with Gasteiger partial charge in [0.05, 0.1) is 11.1 Å². The van der Waals surface area contributed by atoms with Crippen molar-refractivity contribution >= 4 is 16.3 Å². The van der Waals surface area contributed by atoms with Crippen molar-refractivity contribution in [1.82, 2.24) is 5.32 Å². The van der Waals surface area contributed by atoms with Crippen molar-refractivity contribution in [2.75, 3.05) is 19.0 Å². The van der Waals surface area contributed by atoms with E-state index in [2.05, 4.69) is 40.8 Å². The standard InChI is InChI=1S/C13H19N3S/c1-15-13(10-14)7-5-11(6-8-13)16(2)12-4-3-9-17-12/h3-4,9,11,15H,5-8H2,1-2H3. The Labute approximate surface area is 107 Å². The zero-order chi connectivity index (χ0) is 12.3. The number of nitriles is 1. The summed E-state index contributed by atoms with van der Waals surface area (Å²) in [6.07, 6.45) is 4.06. The van der Waals surface area contributed by atoms with Crippen molar-refractivity contribution in [3.05, 3.63) is 17.5 Å². The molecule has 0 spiro atoms. The Balaban J connectivity index is 1.98. The van der Waals surface area contributed by atoms with E-state index in [1.54, 1.807) is 11.3 Å². The average molecular weight is 249 g/mol. The van der Waals surface area contributed by atoms with Gasteiger partial charge in [0.1, 0.15) is 5.54 Å². The maximum atomic E-state index is 9.23. The van der Waals surface area contributed by atoms with Crippen LogP contribution in [0.4, 0.5) is 5.00 Å². The molecule has 2 rings (SSSR count). The van der Waals surface area contributed by atoms with Crippen LogP contribution in [-0.2, 0) is 0 Å². The summed E-state index contributed by atoms with van der Waals surface area (Å²) in [4.78, 5) is 2.36. The van der Waals surface area contributed by atoms with Crippen LogP contribution >= 0.6 is 11.3 Å². The molecular weight excluding hydrogens is 230 g/mol. The highest BCUT2D eigenvalue weighted by atomic mass is 32.1. The molecule has 0 aliphatic heterocycles. The minimum Gasteiger partial charge on any atom is -0.364 e. The smallest absolute Gasteiger partial charge is 0.106 e. The fourth-order valence-electron chi connectivity index (χ4n) is 2.55. The third kappa shape index (κ3) is 2.46. The Hall–Kier alpha value is -1.05. The van der Waals surface area contributed by atoms with E-state index in [0.717, 1.165) is 25.7 Å². The molecule has 0 atom stereocenters. The van der Waals surface area contributed by atoms with Crippen LogP contribution in [0.5, 0.6) is 0 Å². The number of rotatable bonds is 3. The number of anilines is 1. The van der Waals surface area contributed by atoms with Crippen LogP contribution in [0.1, 0.15) is 25.7 Å². The maximum absolute atomic E-state index is 9.23. The third-order valence-electron chi connectivity index (χ3n) is 3.90. The number of thiophene rings is 1. The minimum atomic E-state index is -0.285. The van der Waals surface area contributed by atoms with Gasteiger partial charge in [0, 0.05) is 13.1 Å². The Morgan fingerprint density at radius 2 is 2.24 bits per heavy atom. The van der Waals surface area contributed by atoms with E-state index in [9.17, 15) is 5.26 Å². The van der Waals surface area contributed by atoms with Gasteiger partial charge < -0.3 is 10.2 Å². The summed E-state index contributed by atoms with van der Waals surface area (Å²) in [5, 5.41) is 15.8. The summed E-state index contributed by atoms with van der Waals surface area (Å²) in [6, 6.07) is 7.26. The van der Waals surface area contributed by atoms with Crippen molar-refractivity contribution in [2.45, 2.75) is 37.3 Å². The molecule has 0 bridgehead atoms. The predicted octanol–water partition coefficient (Wildman–Crippen LogP) is 2.61. The van der Waals surface area contributed by atoms with Crippen LogP contribution in [0.3, 0.4) is 0 Å². The van der Waals surface area contributed by atoms with Crippen LogP contribution < -0.4 is 10.2 Å². The van der Waals surface area contributed by atoms with E-state index in [4.69, 9.17) is 0 Å². The minimum absolute atomic E-state index is 0.285. The summed E-state index contributed by atoms with van der Waals surface area (Å²) in [5.74, 6) is 0. The highest BCUT2D eigenvalue weighted by molar-refractivity contribution is 7.14. The molecule has 0 unspecified atom stereocenters. The molecular formula is C13H19N3S. The molecule has 1 N–H and O–H groups in total. The molecule has 1 heterocycles. The molecule has 3 nitrogen and oxygen atoms in total. The van der Waals surface area contributed by atoms with E-state index in [1.807, 2.05) is 7.05 Å². The molecule has 0 radical (unpaired) electrons. The zero-order valence-corrected chi connectivity index (χ0v) is 11.3. The summed E-state index contributed by atoms with van der Waals surface area (Å²) >= 11 is 1.78. The van der Waals surface area contributed by atoms with Gasteiger partial charge in [-0.2, -0.15) is 5.26 Å². The predicted molar refractivity (Wildman–Crippen MR) is 72.4 cm³/mol. The average Bonchev–Trinajstić information content (AvgIpc) is 2.92. The fraction of sp³-hybridized carbons (Fsp3) is 0.615. The molecule has 1 fully saturated rings. The van der Waals surface area contributed by atoms with E-state index in [1.165, 1.54) is 5.00 Å². The van der Waals surface area contributed by atoms with Crippen molar-refractivity contribution in [3.8, 4) is 6.07 Å². The monoisotopic (exact) mass is 249 g/mol. The second-order valence-corrected chi connectivity index (χ2v) is 5.66. The first-order chi connectivity index (χ1) is 8.21. The van der Waals surface area contributed by atoms with E-state index >= 15 is 0 Å². The normalized spacial score (nSPS) is 28.6. The third-order valence-corrected chi connectivity index (χ3v) is 4.86. The Kier molecular flexibility index (Phi) is 3.70. The summed E-state index contributed by atoms with van der Waals surface area (Å²) < 4.78 is 0. The van der Waals surface area contributed by atoms with Crippen molar-refractivity contribution < 1.29 is 0 Å². The van der Waals surface area contributed by atoms with E-state index in [-0.39, 0.29) is 5.54 Å². The topological polar surface area (TPSA) is 39.1 Å². The molecule has 1 saturated carbocycles. The zero-order valence-electron chi connectivity index (χ0n) is 10.4. The van der Waals surface area contributed by atoms with Crippen molar-refractivity contribution in [3.63, 3.8) is 0 Å². The van der Waals surface area contributed by atoms with Crippen LogP contribution in [0, 0.1) is 11.3 Å². The molecule has 1 aliphatic rings. The summed E-state index contributed by atoms with van der Waals surface area (Å²) in [7, 11) is 4.06. The van der Waals surface area contributed by atoms with Gasteiger partial charge in [-0.1, -0.05) is 0 Å². The van der Waals surface area contributed by atoms with Crippen LogP contribution in [0.25, 0.3) is 0 Å². The molecule has 0 saturated heterocycles. The quantitative estimate of drug-likeness (QED) is 0.895. The van der Waals surface area contributed by atoms with Gasteiger partial charge in [0.2, 0.25) is 0 Å².